The summed E-state index contributed by atoms with van der Waals surface area (Å²) in [5.41, 5.74) is -0.199. The normalized spacial score (nSPS) is 11.4. The SMILES string of the molecule is CCOc1cccc(Cl)c1NC(=O)c1cc2ccccc2c(N=Nc2c(Cl)ccc(S(=O)(=O)O)c2C)c1[O-].[Na+]. The third-order valence-electron chi connectivity index (χ3n) is 5.59. The summed E-state index contributed by atoms with van der Waals surface area (Å²) in [6, 6.07) is 15.4. The molecule has 0 aliphatic heterocycles. The van der Waals surface area contributed by atoms with Crippen molar-refractivity contribution in [2.24, 2.45) is 10.2 Å². The van der Waals surface area contributed by atoms with Gasteiger partial charge in [-0.25, -0.2) is 0 Å². The molecule has 0 atom stereocenters. The molecule has 0 heterocycles. The fraction of sp³-hybridized carbons (Fsp3) is 0.115. The van der Waals surface area contributed by atoms with Gasteiger partial charge in [0.15, 0.2) is 0 Å². The van der Waals surface area contributed by atoms with Crippen molar-refractivity contribution in [3.8, 4) is 11.5 Å². The van der Waals surface area contributed by atoms with Gasteiger partial charge in [-0.3, -0.25) is 9.35 Å². The fourth-order valence-corrected chi connectivity index (χ4v) is 4.99. The van der Waals surface area contributed by atoms with E-state index in [2.05, 4.69) is 15.5 Å². The maximum Gasteiger partial charge on any atom is 1.00 e. The molecular formula is C26H20Cl2N3NaO6S. The molecule has 0 aromatic heterocycles. The van der Waals surface area contributed by atoms with Crippen molar-refractivity contribution >= 4 is 67.1 Å². The number of hydrogen-bond donors (Lipinski definition) is 2. The van der Waals surface area contributed by atoms with Crippen LogP contribution < -0.4 is 44.7 Å². The molecule has 39 heavy (non-hydrogen) atoms. The van der Waals surface area contributed by atoms with E-state index in [1.807, 2.05) is 0 Å². The van der Waals surface area contributed by atoms with Gasteiger partial charge in [-0.2, -0.15) is 13.5 Å². The molecule has 0 spiro atoms. The number of carbonyl (C=O) groups excluding carboxylic acids is 1. The molecule has 0 saturated heterocycles. The number of amides is 1. The van der Waals surface area contributed by atoms with Gasteiger partial charge in [-0.05, 0) is 55.1 Å². The minimum absolute atomic E-state index is 0. The molecule has 9 nitrogen and oxygen atoms in total. The second kappa shape index (κ2) is 12.6. The standard InChI is InChI=1S/C26H21Cl2N3O6S.Na/c1-3-37-20-10-6-9-18(27)24(20)29-26(33)17-13-15-7-4-5-8-16(15)23(25(17)32)31-30-22-14(2)21(38(34,35)36)12-11-19(22)28;/h4-13,32H,3H2,1-2H3,(H,29,33)(H,34,35,36);/q;+1/p-1. The van der Waals surface area contributed by atoms with Crippen LogP contribution in [0.15, 0.2) is 75.8 Å². The zero-order valence-electron chi connectivity index (χ0n) is 21.0. The van der Waals surface area contributed by atoms with Crippen molar-refractivity contribution in [3.63, 3.8) is 0 Å². The monoisotopic (exact) mass is 595 g/mol. The fourth-order valence-electron chi connectivity index (χ4n) is 3.81. The third kappa shape index (κ3) is 6.55. The van der Waals surface area contributed by atoms with E-state index in [9.17, 15) is 22.9 Å². The van der Waals surface area contributed by atoms with Gasteiger partial charge in [-0.15, -0.1) is 5.11 Å². The molecule has 196 valence electrons. The molecule has 2 N–H and O–H groups in total. The molecule has 1 amide bonds. The average molecular weight is 596 g/mol. The van der Waals surface area contributed by atoms with Crippen LogP contribution in [0, 0.1) is 6.92 Å². The maximum atomic E-state index is 13.5. The molecule has 4 aromatic carbocycles. The average Bonchev–Trinajstić information content (AvgIpc) is 2.86. The van der Waals surface area contributed by atoms with Gasteiger partial charge in [0.1, 0.15) is 17.1 Å². The van der Waals surface area contributed by atoms with Crippen molar-refractivity contribution in [1.29, 1.82) is 0 Å². The van der Waals surface area contributed by atoms with E-state index in [4.69, 9.17) is 27.9 Å². The Balaban J connectivity index is 0.00000420. The van der Waals surface area contributed by atoms with Gasteiger partial charge >= 0.3 is 29.6 Å². The molecule has 0 radical (unpaired) electrons. The van der Waals surface area contributed by atoms with Crippen LogP contribution in [0.25, 0.3) is 10.8 Å². The molecule has 4 rings (SSSR count). The van der Waals surface area contributed by atoms with Crippen LogP contribution in [0.5, 0.6) is 11.5 Å². The summed E-state index contributed by atoms with van der Waals surface area (Å²) in [6.07, 6.45) is 0. The molecule has 0 aliphatic carbocycles. The largest absolute Gasteiger partial charge is 1.00 e. The Kier molecular flexibility index (Phi) is 10.0. The summed E-state index contributed by atoms with van der Waals surface area (Å²) < 4.78 is 38.4. The van der Waals surface area contributed by atoms with Crippen LogP contribution in [0.3, 0.4) is 0 Å². The Morgan fingerprint density at radius 3 is 2.41 bits per heavy atom. The molecule has 13 heteroatoms. The van der Waals surface area contributed by atoms with E-state index in [0.29, 0.717) is 23.1 Å². The predicted molar refractivity (Wildman–Crippen MR) is 144 cm³/mol. The smallest absolute Gasteiger partial charge is 0.870 e. The van der Waals surface area contributed by atoms with Gasteiger partial charge in [0, 0.05) is 10.9 Å². The molecule has 0 saturated carbocycles. The van der Waals surface area contributed by atoms with E-state index in [-0.39, 0.29) is 67.8 Å². The first kappa shape index (κ1) is 30.8. The van der Waals surface area contributed by atoms with Crippen molar-refractivity contribution in [2.75, 3.05) is 11.9 Å². The minimum atomic E-state index is -4.55. The number of anilines is 1. The van der Waals surface area contributed by atoms with Gasteiger partial charge in [0.05, 0.1) is 27.2 Å². The molecule has 0 unspecified atom stereocenters. The van der Waals surface area contributed by atoms with E-state index >= 15 is 0 Å². The second-order valence-corrected chi connectivity index (χ2v) is 10.2. The number of rotatable bonds is 7. The number of nitrogens with zero attached hydrogens (tertiary/aromatic N) is 2. The van der Waals surface area contributed by atoms with Crippen LogP contribution in [-0.4, -0.2) is 25.5 Å². The predicted octanol–water partition coefficient (Wildman–Crippen LogP) is 3.85. The number of carbonyl (C=O) groups is 1. The van der Waals surface area contributed by atoms with E-state index < -0.39 is 26.7 Å². The summed E-state index contributed by atoms with van der Waals surface area (Å²) in [6.45, 7) is 3.50. The summed E-state index contributed by atoms with van der Waals surface area (Å²) in [5, 5.41) is 25.5. The first-order valence-corrected chi connectivity index (χ1v) is 13.4. The zero-order valence-corrected chi connectivity index (χ0v) is 25.4. The minimum Gasteiger partial charge on any atom is -0.870 e. The van der Waals surface area contributed by atoms with E-state index in [1.165, 1.54) is 19.1 Å². The number of para-hydroxylation sites is 1. The molecule has 0 aliphatic rings. The van der Waals surface area contributed by atoms with E-state index in [0.717, 1.165) is 6.07 Å². The molecule has 0 bridgehead atoms. The third-order valence-corrected chi connectivity index (χ3v) is 7.21. The molecule has 4 aromatic rings. The van der Waals surface area contributed by atoms with Gasteiger partial charge < -0.3 is 15.2 Å². The Morgan fingerprint density at radius 2 is 1.72 bits per heavy atom. The van der Waals surface area contributed by atoms with Crippen LogP contribution in [-0.2, 0) is 10.1 Å². The second-order valence-electron chi connectivity index (χ2n) is 8.02. The topological polar surface area (TPSA) is 140 Å². The summed E-state index contributed by atoms with van der Waals surface area (Å²) in [5.74, 6) is -1.13. The quantitative estimate of drug-likeness (QED) is 0.189. The Hall–Kier alpha value is -2.70. The zero-order chi connectivity index (χ0) is 27.6. The molecular weight excluding hydrogens is 576 g/mol. The number of azo groups is 1. The number of ether oxygens (including phenoxy) is 1. The van der Waals surface area contributed by atoms with Crippen molar-refractivity contribution in [1.82, 2.24) is 0 Å². The van der Waals surface area contributed by atoms with Crippen LogP contribution in [0.4, 0.5) is 17.1 Å². The number of halogens is 2. The van der Waals surface area contributed by atoms with Crippen molar-refractivity contribution in [2.45, 2.75) is 18.7 Å². The summed E-state index contributed by atoms with van der Waals surface area (Å²) in [7, 11) is -4.55. The first-order chi connectivity index (χ1) is 18.0. The molecule has 0 fully saturated rings. The van der Waals surface area contributed by atoms with Crippen molar-refractivity contribution in [3.05, 3.63) is 81.8 Å². The number of benzene rings is 4. The first-order valence-electron chi connectivity index (χ1n) is 11.2. The van der Waals surface area contributed by atoms with Crippen LogP contribution >= 0.6 is 23.2 Å². The van der Waals surface area contributed by atoms with Crippen LogP contribution in [0.1, 0.15) is 22.8 Å². The van der Waals surface area contributed by atoms with Gasteiger partial charge in [0.25, 0.3) is 16.0 Å². The van der Waals surface area contributed by atoms with Crippen molar-refractivity contribution < 1.29 is 57.2 Å². The maximum absolute atomic E-state index is 13.5. The summed E-state index contributed by atoms with van der Waals surface area (Å²) >= 11 is 12.5. The Bertz CT molecular complexity index is 1710. The van der Waals surface area contributed by atoms with E-state index in [1.54, 1.807) is 49.4 Å². The number of hydrogen-bond acceptors (Lipinski definition) is 7. The Labute approximate surface area is 256 Å². The Morgan fingerprint density at radius 1 is 1.03 bits per heavy atom. The number of nitrogens with one attached hydrogen (secondary N) is 1. The van der Waals surface area contributed by atoms with Gasteiger partial charge in [0.2, 0.25) is 0 Å². The summed E-state index contributed by atoms with van der Waals surface area (Å²) in [4.78, 5) is 12.9. The van der Waals surface area contributed by atoms with Gasteiger partial charge in [-0.1, -0.05) is 59.3 Å². The van der Waals surface area contributed by atoms with Crippen LogP contribution in [0.2, 0.25) is 10.0 Å². The number of fused-ring (bicyclic) bond motifs is 1.